The molecule has 0 fully saturated rings. The van der Waals surface area contributed by atoms with E-state index in [1.165, 1.54) is 6.07 Å². The number of halogens is 2. The number of nitrogens with zero attached hydrogens (tertiary/aromatic N) is 1. The van der Waals surface area contributed by atoms with E-state index in [4.69, 9.17) is 0 Å². The van der Waals surface area contributed by atoms with Gasteiger partial charge in [-0.2, -0.15) is 0 Å². The van der Waals surface area contributed by atoms with Gasteiger partial charge in [-0.05, 0) is 45.6 Å². The number of carbonyl (C=O) groups is 1. The minimum Gasteiger partial charge on any atom is -0.294 e. The van der Waals surface area contributed by atoms with Gasteiger partial charge in [0.15, 0.2) is 5.78 Å². The second kappa shape index (κ2) is 6.06. The number of hydrogen-bond donors (Lipinski definition) is 0. The zero-order valence-electron chi connectivity index (χ0n) is 10.5. The molecule has 4 heteroatoms. The Kier molecular flexibility index (Phi) is 4.43. The van der Waals surface area contributed by atoms with Gasteiger partial charge in [0.05, 0.1) is 4.47 Å². The van der Waals surface area contributed by atoms with Crippen molar-refractivity contribution < 1.29 is 9.18 Å². The molecular formula is C15H13BrFNO. The van der Waals surface area contributed by atoms with E-state index in [1.54, 1.807) is 30.6 Å². The van der Waals surface area contributed by atoms with Gasteiger partial charge in [0.1, 0.15) is 5.82 Å². The largest absolute Gasteiger partial charge is 0.294 e. The first-order valence-corrected chi connectivity index (χ1v) is 6.81. The number of aromatic nitrogens is 1. The number of carbonyl (C=O) groups excluding carboxylic acids is 1. The number of pyridine rings is 1. The summed E-state index contributed by atoms with van der Waals surface area (Å²) in [6, 6.07) is 6.43. The van der Waals surface area contributed by atoms with E-state index in [9.17, 15) is 9.18 Å². The third kappa shape index (κ3) is 3.07. The normalized spacial score (nSPS) is 10.5. The van der Waals surface area contributed by atoms with Crippen molar-refractivity contribution in [2.24, 2.45) is 0 Å². The molecule has 0 spiro atoms. The zero-order valence-corrected chi connectivity index (χ0v) is 12.1. The Labute approximate surface area is 119 Å². The van der Waals surface area contributed by atoms with Crippen molar-refractivity contribution in [2.75, 3.05) is 0 Å². The first kappa shape index (κ1) is 13.9. The molecule has 1 aromatic carbocycles. The van der Waals surface area contributed by atoms with Gasteiger partial charge in [-0.3, -0.25) is 9.78 Å². The Bertz CT molecular complexity index is 613. The molecule has 0 unspecified atom stereocenters. The maximum atomic E-state index is 13.4. The standard InChI is InChI=1S/C15H13BrFNO/c1-2-10-9-18-7-6-12(10)14(19)8-11-4-3-5-13(17)15(11)16/h3-7,9H,2,8H2,1H3. The number of benzene rings is 1. The molecular weight excluding hydrogens is 309 g/mol. The van der Waals surface area contributed by atoms with Crippen molar-refractivity contribution in [3.05, 3.63) is 63.6 Å². The average Bonchev–Trinajstić information content (AvgIpc) is 2.43. The maximum Gasteiger partial charge on any atom is 0.167 e. The van der Waals surface area contributed by atoms with Crippen LogP contribution in [-0.4, -0.2) is 10.8 Å². The highest BCUT2D eigenvalue weighted by Crippen LogP contribution is 2.22. The maximum absolute atomic E-state index is 13.4. The van der Waals surface area contributed by atoms with Crippen LogP contribution in [0.4, 0.5) is 4.39 Å². The van der Waals surface area contributed by atoms with Crippen molar-refractivity contribution in [1.29, 1.82) is 0 Å². The molecule has 0 aliphatic heterocycles. The lowest BCUT2D eigenvalue weighted by Gasteiger charge is -2.08. The lowest BCUT2D eigenvalue weighted by molar-refractivity contribution is 0.0992. The van der Waals surface area contributed by atoms with Crippen molar-refractivity contribution in [3.8, 4) is 0 Å². The van der Waals surface area contributed by atoms with E-state index < -0.39 is 0 Å². The van der Waals surface area contributed by atoms with E-state index in [2.05, 4.69) is 20.9 Å². The van der Waals surface area contributed by atoms with Crippen LogP contribution < -0.4 is 0 Å². The molecule has 2 nitrogen and oxygen atoms in total. The second-order valence-electron chi connectivity index (χ2n) is 4.20. The van der Waals surface area contributed by atoms with Crippen LogP contribution in [0.2, 0.25) is 0 Å². The quantitative estimate of drug-likeness (QED) is 0.797. The van der Waals surface area contributed by atoms with Gasteiger partial charge in [-0.1, -0.05) is 19.1 Å². The van der Waals surface area contributed by atoms with Gasteiger partial charge < -0.3 is 0 Å². The first-order chi connectivity index (χ1) is 9.13. The molecule has 0 aliphatic rings. The molecule has 0 radical (unpaired) electrons. The fourth-order valence-corrected chi connectivity index (χ4v) is 2.34. The fourth-order valence-electron chi connectivity index (χ4n) is 1.93. The van der Waals surface area contributed by atoms with Gasteiger partial charge in [0.2, 0.25) is 0 Å². The molecule has 0 N–H and O–H groups in total. The van der Waals surface area contributed by atoms with Gasteiger partial charge in [0, 0.05) is 24.4 Å². The van der Waals surface area contributed by atoms with Crippen LogP contribution >= 0.6 is 15.9 Å². The Balaban J connectivity index is 2.28. The SMILES string of the molecule is CCc1cnccc1C(=O)Cc1cccc(F)c1Br. The smallest absolute Gasteiger partial charge is 0.167 e. The van der Waals surface area contributed by atoms with Crippen molar-refractivity contribution in [2.45, 2.75) is 19.8 Å². The Morgan fingerprint density at radius 3 is 2.84 bits per heavy atom. The van der Waals surface area contributed by atoms with Gasteiger partial charge >= 0.3 is 0 Å². The van der Waals surface area contributed by atoms with Crippen molar-refractivity contribution in [3.63, 3.8) is 0 Å². The molecule has 0 bridgehead atoms. The number of hydrogen-bond acceptors (Lipinski definition) is 2. The van der Waals surface area contributed by atoms with E-state index in [0.29, 0.717) is 15.6 Å². The summed E-state index contributed by atoms with van der Waals surface area (Å²) in [6.45, 7) is 1.98. The van der Waals surface area contributed by atoms with Crippen LogP contribution in [-0.2, 0) is 12.8 Å². The molecule has 98 valence electrons. The highest BCUT2D eigenvalue weighted by Gasteiger charge is 2.14. The topological polar surface area (TPSA) is 30.0 Å². The van der Waals surface area contributed by atoms with Crippen LogP contribution in [0.1, 0.15) is 28.4 Å². The predicted molar refractivity (Wildman–Crippen MR) is 75.7 cm³/mol. The lowest BCUT2D eigenvalue weighted by atomic mass is 9.99. The molecule has 2 rings (SSSR count). The summed E-state index contributed by atoms with van der Waals surface area (Å²) in [6.07, 6.45) is 4.23. The third-order valence-corrected chi connectivity index (χ3v) is 3.86. The van der Waals surface area contributed by atoms with Crippen LogP contribution in [0.3, 0.4) is 0 Å². The summed E-state index contributed by atoms with van der Waals surface area (Å²) in [5.41, 5.74) is 2.23. The van der Waals surface area contributed by atoms with Gasteiger partial charge in [-0.15, -0.1) is 0 Å². The van der Waals surface area contributed by atoms with Crippen molar-refractivity contribution >= 4 is 21.7 Å². The van der Waals surface area contributed by atoms with Crippen LogP contribution in [0.5, 0.6) is 0 Å². The Morgan fingerprint density at radius 2 is 2.11 bits per heavy atom. The van der Waals surface area contributed by atoms with Crippen LogP contribution in [0.25, 0.3) is 0 Å². The summed E-state index contributed by atoms with van der Waals surface area (Å²) in [4.78, 5) is 16.3. The number of aryl methyl sites for hydroxylation is 1. The summed E-state index contributed by atoms with van der Waals surface area (Å²) >= 11 is 3.18. The number of ketones is 1. The molecule has 2 aromatic rings. The molecule has 0 atom stereocenters. The molecule has 0 saturated carbocycles. The summed E-state index contributed by atoms with van der Waals surface area (Å²) in [7, 11) is 0. The van der Waals surface area contributed by atoms with Crippen LogP contribution in [0, 0.1) is 5.82 Å². The molecule has 1 heterocycles. The third-order valence-electron chi connectivity index (χ3n) is 2.97. The molecule has 0 saturated heterocycles. The van der Waals surface area contributed by atoms with Crippen LogP contribution in [0.15, 0.2) is 41.1 Å². The predicted octanol–water partition coefficient (Wildman–Crippen LogP) is 3.97. The fraction of sp³-hybridized carbons (Fsp3) is 0.200. The second-order valence-corrected chi connectivity index (χ2v) is 4.99. The van der Waals surface area contributed by atoms with E-state index in [-0.39, 0.29) is 18.0 Å². The average molecular weight is 322 g/mol. The molecule has 19 heavy (non-hydrogen) atoms. The lowest BCUT2D eigenvalue weighted by Crippen LogP contribution is -2.08. The number of Topliss-reactive ketones (excluding diaryl/α,β-unsaturated/α-hetero) is 1. The zero-order chi connectivity index (χ0) is 13.8. The van der Waals surface area contributed by atoms with Gasteiger partial charge in [0.25, 0.3) is 0 Å². The van der Waals surface area contributed by atoms with E-state index >= 15 is 0 Å². The minimum atomic E-state index is -0.351. The monoisotopic (exact) mass is 321 g/mol. The number of rotatable bonds is 4. The highest BCUT2D eigenvalue weighted by atomic mass is 79.9. The van der Waals surface area contributed by atoms with E-state index in [0.717, 1.165) is 12.0 Å². The summed E-state index contributed by atoms with van der Waals surface area (Å²) in [5.74, 6) is -0.374. The van der Waals surface area contributed by atoms with Gasteiger partial charge in [-0.25, -0.2) is 4.39 Å². The first-order valence-electron chi connectivity index (χ1n) is 6.02. The Hall–Kier alpha value is -1.55. The Morgan fingerprint density at radius 1 is 1.32 bits per heavy atom. The summed E-state index contributed by atoms with van der Waals surface area (Å²) in [5, 5.41) is 0. The van der Waals surface area contributed by atoms with Crippen molar-refractivity contribution in [1.82, 2.24) is 4.98 Å². The molecule has 1 aromatic heterocycles. The highest BCUT2D eigenvalue weighted by molar-refractivity contribution is 9.10. The molecule has 0 amide bonds. The van der Waals surface area contributed by atoms with E-state index in [1.807, 2.05) is 6.92 Å². The molecule has 0 aliphatic carbocycles. The summed E-state index contributed by atoms with van der Waals surface area (Å²) < 4.78 is 13.8. The minimum absolute atomic E-state index is 0.0226.